The van der Waals surface area contributed by atoms with Gasteiger partial charge in [-0.3, -0.25) is 9.59 Å². The van der Waals surface area contributed by atoms with Gasteiger partial charge in [0, 0.05) is 22.3 Å². The zero-order valence-electron chi connectivity index (χ0n) is 12.2. The van der Waals surface area contributed by atoms with E-state index >= 15 is 0 Å². The molecule has 0 radical (unpaired) electrons. The molecule has 0 spiro atoms. The van der Waals surface area contributed by atoms with Gasteiger partial charge in [0.1, 0.15) is 5.75 Å². The summed E-state index contributed by atoms with van der Waals surface area (Å²) >= 11 is 11.9. The number of benzene rings is 2. The van der Waals surface area contributed by atoms with Gasteiger partial charge in [0.2, 0.25) is 5.91 Å². The summed E-state index contributed by atoms with van der Waals surface area (Å²) in [5.74, 6) is -0.575. The van der Waals surface area contributed by atoms with Crippen LogP contribution in [0.4, 0.5) is 5.69 Å². The van der Waals surface area contributed by atoms with Crippen molar-refractivity contribution in [3.8, 4) is 5.75 Å². The Bertz CT molecular complexity index is 733. The standard InChI is InChI=1S/C16H14Cl2N2O3/c1-9(23-14-8-11(17)4-7-13(14)18)16(22)20-12-5-2-10(3-6-12)15(19)21/h2-9H,1H3,(H2,19,21)(H,20,22)/t9-/m0/s1. The first kappa shape index (κ1) is 17.1. The first-order valence-corrected chi connectivity index (χ1v) is 7.45. The van der Waals surface area contributed by atoms with Crippen molar-refractivity contribution < 1.29 is 14.3 Å². The van der Waals surface area contributed by atoms with Crippen LogP contribution < -0.4 is 15.8 Å². The molecule has 0 saturated carbocycles. The quantitative estimate of drug-likeness (QED) is 0.863. The van der Waals surface area contributed by atoms with Crippen LogP contribution in [0.5, 0.6) is 5.75 Å². The SMILES string of the molecule is C[C@H](Oc1cc(Cl)ccc1Cl)C(=O)Nc1ccc(C(N)=O)cc1. The highest BCUT2D eigenvalue weighted by molar-refractivity contribution is 6.34. The lowest BCUT2D eigenvalue weighted by atomic mass is 10.2. The number of hydrogen-bond donors (Lipinski definition) is 2. The number of ether oxygens (including phenoxy) is 1. The van der Waals surface area contributed by atoms with Gasteiger partial charge >= 0.3 is 0 Å². The number of carbonyl (C=O) groups excluding carboxylic acids is 2. The number of nitrogens with two attached hydrogens (primary N) is 1. The van der Waals surface area contributed by atoms with E-state index in [1.54, 1.807) is 31.2 Å². The minimum atomic E-state index is -0.790. The molecule has 0 fully saturated rings. The van der Waals surface area contributed by atoms with Gasteiger partial charge in [-0.05, 0) is 43.3 Å². The highest BCUT2D eigenvalue weighted by atomic mass is 35.5. The highest BCUT2D eigenvalue weighted by Gasteiger charge is 2.16. The third kappa shape index (κ3) is 4.61. The van der Waals surface area contributed by atoms with Gasteiger partial charge < -0.3 is 15.8 Å². The Morgan fingerprint density at radius 2 is 1.78 bits per heavy atom. The van der Waals surface area contributed by atoms with E-state index in [0.717, 1.165) is 0 Å². The monoisotopic (exact) mass is 352 g/mol. The van der Waals surface area contributed by atoms with E-state index in [1.807, 2.05) is 0 Å². The van der Waals surface area contributed by atoms with Gasteiger partial charge in [0.05, 0.1) is 5.02 Å². The number of rotatable bonds is 5. The average Bonchev–Trinajstić information content (AvgIpc) is 2.51. The Morgan fingerprint density at radius 3 is 2.39 bits per heavy atom. The molecule has 0 heterocycles. The second-order valence-electron chi connectivity index (χ2n) is 4.77. The lowest BCUT2D eigenvalue weighted by Gasteiger charge is -2.16. The van der Waals surface area contributed by atoms with Crippen molar-refractivity contribution >= 4 is 40.7 Å². The van der Waals surface area contributed by atoms with Crippen molar-refractivity contribution in [2.24, 2.45) is 5.73 Å². The van der Waals surface area contributed by atoms with Crippen LogP contribution in [0.25, 0.3) is 0 Å². The zero-order valence-corrected chi connectivity index (χ0v) is 13.7. The Balaban J connectivity index is 2.02. The number of nitrogens with one attached hydrogen (secondary N) is 1. The molecule has 0 bridgehead atoms. The Hall–Kier alpha value is -2.24. The van der Waals surface area contributed by atoms with E-state index in [-0.39, 0.29) is 5.91 Å². The van der Waals surface area contributed by atoms with Crippen molar-refractivity contribution in [3.05, 3.63) is 58.1 Å². The van der Waals surface area contributed by atoms with E-state index in [9.17, 15) is 9.59 Å². The zero-order chi connectivity index (χ0) is 17.0. The van der Waals surface area contributed by atoms with Crippen molar-refractivity contribution in [1.29, 1.82) is 0 Å². The molecule has 0 aliphatic carbocycles. The van der Waals surface area contributed by atoms with Gasteiger partial charge in [-0.15, -0.1) is 0 Å². The van der Waals surface area contributed by atoms with Gasteiger partial charge in [0.25, 0.3) is 5.91 Å². The molecule has 1 atom stereocenters. The molecule has 0 saturated heterocycles. The molecule has 3 N–H and O–H groups in total. The van der Waals surface area contributed by atoms with Crippen LogP contribution in [0.1, 0.15) is 17.3 Å². The second kappa shape index (κ2) is 7.35. The lowest BCUT2D eigenvalue weighted by Crippen LogP contribution is -2.30. The summed E-state index contributed by atoms with van der Waals surface area (Å²) in [6.45, 7) is 1.59. The summed E-state index contributed by atoms with van der Waals surface area (Å²) in [5.41, 5.74) is 6.04. The number of primary amides is 1. The molecular weight excluding hydrogens is 339 g/mol. The molecule has 7 heteroatoms. The summed E-state index contributed by atoms with van der Waals surface area (Å²) in [4.78, 5) is 23.1. The van der Waals surface area contributed by atoms with Crippen LogP contribution in [0.2, 0.25) is 10.0 Å². The fourth-order valence-electron chi connectivity index (χ4n) is 1.77. The van der Waals surface area contributed by atoms with Crippen molar-refractivity contribution in [2.45, 2.75) is 13.0 Å². The first-order valence-electron chi connectivity index (χ1n) is 6.69. The van der Waals surface area contributed by atoms with Gasteiger partial charge in [-0.2, -0.15) is 0 Å². The van der Waals surface area contributed by atoms with Gasteiger partial charge in [-0.1, -0.05) is 23.2 Å². The van der Waals surface area contributed by atoms with Crippen LogP contribution >= 0.6 is 23.2 Å². The van der Waals surface area contributed by atoms with Gasteiger partial charge in [-0.25, -0.2) is 0 Å². The van der Waals surface area contributed by atoms with E-state index < -0.39 is 12.0 Å². The molecule has 0 aromatic heterocycles. The molecular formula is C16H14Cl2N2O3. The predicted molar refractivity (Wildman–Crippen MR) is 90.1 cm³/mol. The van der Waals surface area contributed by atoms with Crippen LogP contribution in [0, 0.1) is 0 Å². The summed E-state index contributed by atoms with van der Waals surface area (Å²) in [6, 6.07) is 11.0. The van der Waals surface area contributed by atoms with Crippen molar-refractivity contribution in [1.82, 2.24) is 0 Å². The molecule has 2 aromatic carbocycles. The van der Waals surface area contributed by atoms with Crippen molar-refractivity contribution in [3.63, 3.8) is 0 Å². The number of anilines is 1. The van der Waals surface area contributed by atoms with Crippen LogP contribution in [-0.2, 0) is 4.79 Å². The van der Waals surface area contributed by atoms with E-state index in [0.29, 0.717) is 27.0 Å². The van der Waals surface area contributed by atoms with E-state index in [2.05, 4.69) is 5.32 Å². The minimum Gasteiger partial charge on any atom is -0.479 e. The number of halogens is 2. The maximum atomic E-state index is 12.1. The fraction of sp³-hybridized carbons (Fsp3) is 0.125. The molecule has 0 unspecified atom stereocenters. The molecule has 23 heavy (non-hydrogen) atoms. The number of hydrogen-bond acceptors (Lipinski definition) is 3. The maximum absolute atomic E-state index is 12.1. The highest BCUT2D eigenvalue weighted by Crippen LogP contribution is 2.28. The van der Waals surface area contributed by atoms with Gasteiger partial charge in [0.15, 0.2) is 6.10 Å². The Kier molecular flexibility index (Phi) is 5.47. The first-order chi connectivity index (χ1) is 10.9. The number of carbonyl (C=O) groups is 2. The van der Waals surface area contributed by atoms with Crippen LogP contribution in [-0.4, -0.2) is 17.9 Å². The van der Waals surface area contributed by atoms with Crippen molar-refractivity contribution in [2.75, 3.05) is 5.32 Å². The Morgan fingerprint density at radius 1 is 1.13 bits per heavy atom. The van der Waals surface area contributed by atoms with E-state index in [1.165, 1.54) is 18.2 Å². The topological polar surface area (TPSA) is 81.4 Å². The Labute approximate surface area is 143 Å². The summed E-state index contributed by atoms with van der Waals surface area (Å²) in [6.07, 6.45) is -0.790. The minimum absolute atomic E-state index is 0.325. The summed E-state index contributed by atoms with van der Waals surface area (Å²) in [7, 11) is 0. The molecule has 2 rings (SSSR count). The average molecular weight is 353 g/mol. The predicted octanol–water partition coefficient (Wildman–Crippen LogP) is 3.50. The molecule has 0 aliphatic rings. The molecule has 5 nitrogen and oxygen atoms in total. The third-order valence-corrected chi connectivity index (χ3v) is 3.55. The molecule has 120 valence electrons. The van der Waals surface area contributed by atoms with Crippen LogP contribution in [0.15, 0.2) is 42.5 Å². The lowest BCUT2D eigenvalue weighted by molar-refractivity contribution is -0.122. The maximum Gasteiger partial charge on any atom is 0.265 e. The van der Waals surface area contributed by atoms with Crippen LogP contribution in [0.3, 0.4) is 0 Å². The molecule has 2 aromatic rings. The smallest absolute Gasteiger partial charge is 0.265 e. The third-order valence-electron chi connectivity index (χ3n) is 3.00. The second-order valence-corrected chi connectivity index (χ2v) is 5.61. The number of amides is 2. The molecule has 2 amide bonds. The summed E-state index contributed by atoms with van der Waals surface area (Å²) < 4.78 is 5.52. The van der Waals surface area contributed by atoms with E-state index in [4.69, 9.17) is 33.7 Å². The normalized spacial score (nSPS) is 11.6. The fourth-order valence-corrected chi connectivity index (χ4v) is 2.10. The summed E-state index contributed by atoms with van der Waals surface area (Å²) in [5, 5.41) is 3.49. The largest absolute Gasteiger partial charge is 0.479 e. The molecule has 0 aliphatic heterocycles.